The molecule has 5 heteroatoms. The van der Waals surface area contributed by atoms with Crippen LogP contribution < -0.4 is 10.6 Å². The highest BCUT2D eigenvalue weighted by molar-refractivity contribution is 6.20. The van der Waals surface area contributed by atoms with Crippen LogP contribution in [0.3, 0.4) is 0 Å². The summed E-state index contributed by atoms with van der Waals surface area (Å²) < 4.78 is 0. The maximum Gasteiger partial charge on any atom is 0.182 e. The van der Waals surface area contributed by atoms with Crippen molar-refractivity contribution in [1.29, 1.82) is 0 Å². The smallest absolute Gasteiger partial charge is 0.182 e. The monoisotopic (exact) mass is 428 g/mol. The van der Waals surface area contributed by atoms with Crippen LogP contribution in [0.5, 0.6) is 0 Å². The molecule has 4 aliphatic rings. The number of hydrogen-bond donors (Lipinski definition) is 2. The quantitative estimate of drug-likeness (QED) is 0.730. The van der Waals surface area contributed by atoms with Crippen LogP contribution in [0.1, 0.15) is 62.6 Å². The number of fused-ring (bicyclic) bond motifs is 5. The van der Waals surface area contributed by atoms with Gasteiger partial charge in [0.1, 0.15) is 0 Å². The summed E-state index contributed by atoms with van der Waals surface area (Å²) in [7, 11) is 0. The van der Waals surface area contributed by atoms with E-state index in [1.165, 1.54) is 5.56 Å². The first-order valence-electron chi connectivity index (χ1n) is 11.7. The number of benzene rings is 2. The van der Waals surface area contributed by atoms with Crippen molar-refractivity contribution in [1.82, 2.24) is 10.6 Å². The third kappa shape index (κ3) is 2.81. The molecule has 2 aromatic carbocycles. The molecule has 2 aromatic rings. The summed E-state index contributed by atoms with van der Waals surface area (Å²) in [5.74, 6) is 0.721. The number of carbonyl (C=O) groups excluding carboxylic acids is 3. The molecule has 1 heterocycles. The van der Waals surface area contributed by atoms with Gasteiger partial charge in [0.15, 0.2) is 17.3 Å². The minimum atomic E-state index is -0.675. The summed E-state index contributed by atoms with van der Waals surface area (Å²) >= 11 is 0. The summed E-state index contributed by atoms with van der Waals surface area (Å²) in [5.41, 5.74) is 4.18. The lowest BCUT2D eigenvalue weighted by molar-refractivity contribution is -0.123. The van der Waals surface area contributed by atoms with Crippen molar-refractivity contribution in [2.45, 2.75) is 63.2 Å². The predicted octanol–water partition coefficient (Wildman–Crippen LogP) is 3.13. The molecule has 32 heavy (non-hydrogen) atoms. The summed E-state index contributed by atoms with van der Waals surface area (Å²) in [5, 5.41) is 6.88. The molecule has 1 saturated heterocycles. The van der Waals surface area contributed by atoms with E-state index in [0.717, 1.165) is 30.4 Å². The van der Waals surface area contributed by atoms with Crippen LogP contribution in [0.15, 0.2) is 42.5 Å². The van der Waals surface area contributed by atoms with Crippen LogP contribution in [-0.2, 0) is 4.79 Å². The molecule has 3 fully saturated rings. The van der Waals surface area contributed by atoms with E-state index in [0.29, 0.717) is 17.0 Å². The Morgan fingerprint density at radius 3 is 2.38 bits per heavy atom. The number of nitrogens with one attached hydrogen (secondary N) is 2. The van der Waals surface area contributed by atoms with E-state index >= 15 is 0 Å². The van der Waals surface area contributed by atoms with Crippen LogP contribution in [-0.4, -0.2) is 41.5 Å². The van der Waals surface area contributed by atoms with Crippen LogP contribution >= 0.6 is 0 Å². The topological polar surface area (TPSA) is 75.3 Å². The number of aryl methyl sites for hydroxylation is 2. The molecule has 0 amide bonds. The standard InChI is InChI=1S/C27H28N2O3/c1-13-10-14(2)20-19(11-13)26(31)23-24(27(20)32)28-21-18-12-16(15-6-4-3-5-7-15)8-9-17(18)25(30)22(21)29-23/h3-7,10-11,16-18,21-24,28-29H,8-9,12H2,1-2H3. The van der Waals surface area contributed by atoms with Crippen molar-refractivity contribution in [3.05, 3.63) is 70.3 Å². The van der Waals surface area contributed by atoms with Gasteiger partial charge in [0, 0.05) is 23.1 Å². The first-order chi connectivity index (χ1) is 15.4. The molecule has 5 nitrogen and oxygen atoms in total. The van der Waals surface area contributed by atoms with Crippen molar-refractivity contribution in [3.8, 4) is 0 Å². The van der Waals surface area contributed by atoms with Gasteiger partial charge in [0.2, 0.25) is 0 Å². The zero-order valence-corrected chi connectivity index (χ0v) is 18.4. The largest absolute Gasteiger partial charge is 0.300 e. The van der Waals surface area contributed by atoms with E-state index in [9.17, 15) is 14.4 Å². The Labute approximate surface area is 188 Å². The van der Waals surface area contributed by atoms with E-state index in [2.05, 4.69) is 34.9 Å². The summed E-state index contributed by atoms with van der Waals surface area (Å²) in [4.78, 5) is 40.2. The van der Waals surface area contributed by atoms with E-state index in [1.54, 1.807) is 0 Å². The lowest BCUT2D eigenvalue weighted by Gasteiger charge is -2.44. The van der Waals surface area contributed by atoms with Gasteiger partial charge in [-0.3, -0.25) is 19.7 Å². The Kier molecular flexibility index (Phi) is 4.50. The molecule has 0 radical (unpaired) electrons. The van der Waals surface area contributed by atoms with Crippen LogP contribution in [0.25, 0.3) is 0 Å². The lowest BCUT2D eigenvalue weighted by atomic mass is 9.71. The van der Waals surface area contributed by atoms with E-state index in [1.807, 2.05) is 32.0 Å². The second kappa shape index (κ2) is 7.19. The average Bonchev–Trinajstić information content (AvgIpc) is 3.07. The SMILES string of the molecule is Cc1cc(C)c2c(c1)C(=O)C1NC3C(=O)C4CCC(c5ccccc5)CC4C3NC1C2=O. The number of carbonyl (C=O) groups is 3. The van der Waals surface area contributed by atoms with Crippen LogP contribution in [0.4, 0.5) is 0 Å². The van der Waals surface area contributed by atoms with Crippen LogP contribution in [0.2, 0.25) is 0 Å². The molecule has 0 spiro atoms. The highest BCUT2D eigenvalue weighted by Crippen LogP contribution is 2.47. The number of Topliss-reactive ketones (excluding diaryl/α,β-unsaturated/α-hetero) is 3. The van der Waals surface area contributed by atoms with E-state index in [-0.39, 0.29) is 35.2 Å². The third-order valence-electron chi connectivity index (χ3n) is 8.28. The second-order valence-corrected chi connectivity index (χ2v) is 10.1. The van der Waals surface area contributed by atoms with Crippen molar-refractivity contribution >= 4 is 17.3 Å². The van der Waals surface area contributed by atoms with E-state index in [4.69, 9.17) is 0 Å². The predicted molar refractivity (Wildman–Crippen MR) is 121 cm³/mol. The fraction of sp³-hybridized carbons (Fsp3) is 0.444. The van der Waals surface area contributed by atoms with Crippen molar-refractivity contribution in [2.24, 2.45) is 11.8 Å². The molecular weight excluding hydrogens is 400 g/mol. The zero-order valence-electron chi connectivity index (χ0n) is 18.4. The number of piperazine rings is 1. The van der Waals surface area contributed by atoms with E-state index < -0.39 is 18.1 Å². The molecule has 3 aliphatic carbocycles. The molecule has 6 rings (SSSR count). The Morgan fingerprint density at radius 1 is 0.844 bits per heavy atom. The highest BCUT2D eigenvalue weighted by atomic mass is 16.2. The number of ketones is 3. The molecule has 7 atom stereocenters. The van der Waals surface area contributed by atoms with Gasteiger partial charge < -0.3 is 5.32 Å². The minimum Gasteiger partial charge on any atom is -0.300 e. The molecule has 0 aromatic heterocycles. The first kappa shape index (κ1) is 20.0. The normalized spacial score (nSPS) is 35.7. The Bertz CT molecular complexity index is 1140. The van der Waals surface area contributed by atoms with Gasteiger partial charge in [-0.2, -0.15) is 0 Å². The van der Waals surface area contributed by atoms with Gasteiger partial charge in [0.25, 0.3) is 0 Å². The van der Waals surface area contributed by atoms with Crippen molar-refractivity contribution in [2.75, 3.05) is 0 Å². The minimum absolute atomic E-state index is 0.00155. The van der Waals surface area contributed by atoms with Crippen LogP contribution in [0, 0.1) is 25.7 Å². The summed E-state index contributed by atoms with van der Waals surface area (Å²) in [6.07, 6.45) is 2.81. The highest BCUT2D eigenvalue weighted by Gasteiger charge is 2.58. The maximum absolute atomic E-state index is 13.5. The average molecular weight is 429 g/mol. The first-order valence-corrected chi connectivity index (χ1v) is 11.7. The summed E-state index contributed by atoms with van der Waals surface area (Å²) in [6.45, 7) is 3.84. The van der Waals surface area contributed by atoms with Crippen molar-refractivity contribution < 1.29 is 14.4 Å². The molecule has 2 saturated carbocycles. The molecule has 1 aliphatic heterocycles. The Morgan fingerprint density at radius 2 is 1.59 bits per heavy atom. The molecule has 0 bridgehead atoms. The van der Waals surface area contributed by atoms with Gasteiger partial charge in [0.05, 0.1) is 18.1 Å². The summed E-state index contributed by atoms with van der Waals surface area (Å²) in [6, 6.07) is 12.5. The van der Waals surface area contributed by atoms with Crippen molar-refractivity contribution in [3.63, 3.8) is 0 Å². The molecule has 7 unspecified atom stereocenters. The fourth-order valence-corrected chi connectivity index (χ4v) is 6.90. The van der Waals surface area contributed by atoms with Gasteiger partial charge >= 0.3 is 0 Å². The Balaban J connectivity index is 1.33. The number of hydrogen-bond acceptors (Lipinski definition) is 5. The molecule has 2 N–H and O–H groups in total. The molecule has 164 valence electrons. The van der Waals surface area contributed by atoms with Gasteiger partial charge in [-0.05, 0) is 62.1 Å². The second-order valence-electron chi connectivity index (χ2n) is 10.1. The fourth-order valence-electron chi connectivity index (χ4n) is 6.90. The third-order valence-corrected chi connectivity index (χ3v) is 8.28. The zero-order chi connectivity index (χ0) is 22.1. The van der Waals surface area contributed by atoms with Gasteiger partial charge in [-0.1, -0.05) is 42.0 Å². The number of rotatable bonds is 1. The molecular formula is C27H28N2O3. The maximum atomic E-state index is 13.5. The Hall–Kier alpha value is -2.63. The van der Waals surface area contributed by atoms with Gasteiger partial charge in [-0.15, -0.1) is 0 Å². The lowest BCUT2D eigenvalue weighted by Crippen LogP contribution is -2.72. The van der Waals surface area contributed by atoms with Gasteiger partial charge in [-0.25, -0.2) is 0 Å².